The Morgan fingerprint density at radius 2 is 1.59 bits per heavy atom. The Bertz CT molecular complexity index is 1230. The Kier molecular flexibility index (Phi) is 8.27. The summed E-state index contributed by atoms with van der Waals surface area (Å²) in [6, 6.07) is 10.1. The summed E-state index contributed by atoms with van der Waals surface area (Å²) in [5.74, 6) is 0.206. The van der Waals surface area contributed by atoms with Crippen molar-refractivity contribution >= 4 is 34.6 Å². The molecule has 0 bridgehead atoms. The molecular formula is C20H18Cl2N4O6. The predicted octanol–water partition coefficient (Wildman–Crippen LogP) is 5.08. The zero-order valence-corrected chi connectivity index (χ0v) is 18.7. The van der Waals surface area contributed by atoms with Gasteiger partial charge in [0, 0.05) is 12.1 Å². The lowest BCUT2D eigenvalue weighted by Gasteiger charge is -2.09. The molecule has 32 heavy (non-hydrogen) atoms. The van der Waals surface area contributed by atoms with E-state index in [0.717, 1.165) is 17.2 Å². The normalized spacial score (nSPS) is 10.2. The predicted molar refractivity (Wildman–Crippen MR) is 120 cm³/mol. The first kappa shape index (κ1) is 24.8. The number of rotatable bonds is 5. The Balaban J connectivity index is 0.000000258. The van der Waals surface area contributed by atoms with Gasteiger partial charge in [0.2, 0.25) is 5.88 Å². The van der Waals surface area contributed by atoms with Crippen molar-refractivity contribution in [2.45, 2.75) is 27.4 Å². The van der Waals surface area contributed by atoms with Crippen LogP contribution in [0, 0.1) is 41.0 Å². The first-order valence-electron chi connectivity index (χ1n) is 9.04. The van der Waals surface area contributed by atoms with Crippen molar-refractivity contribution in [3.63, 3.8) is 0 Å². The highest BCUT2D eigenvalue weighted by atomic mass is 35.5. The summed E-state index contributed by atoms with van der Waals surface area (Å²) in [7, 11) is 0. The van der Waals surface area contributed by atoms with Crippen LogP contribution in [0.4, 0.5) is 11.4 Å². The lowest BCUT2D eigenvalue weighted by atomic mass is 10.1. The smallest absolute Gasteiger partial charge is 0.292 e. The van der Waals surface area contributed by atoms with Gasteiger partial charge in [0.1, 0.15) is 22.3 Å². The van der Waals surface area contributed by atoms with Gasteiger partial charge in [-0.15, -0.1) is 0 Å². The van der Waals surface area contributed by atoms with E-state index < -0.39 is 15.4 Å². The van der Waals surface area contributed by atoms with Crippen LogP contribution in [0.5, 0.6) is 5.88 Å². The number of ether oxygens (including phenoxy) is 1. The van der Waals surface area contributed by atoms with Gasteiger partial charge in [-0.3, -0.25) is 25.0 Å². The molecular weight excluding hydrogens is 463 g/mol. The van der Waals surface area contributed by atoms with Crippen molar-refractivity contribution in [1.82, 2.24) is 9.97 Å². The van der Waals surface area contributed by atoms with Crippen molar-refractivity contribution in [1.29, 1.82) is 0 Å². The highest BCUT2D eigenvalue weighted by molar-refractivity contribution is 6.32. The van der Waals surface area contributed by atoms with Gasteiger partial charge < -0.3 is 9.72 Å². The minimum atomic E-state index is -0.600. The van der Waals surface area contributed by atoms with Gasteiger partial charge in [-0.05, 0) is 31.9 Å². The van der Waals surface area contributed by atoms with E-state index in [-0.39, 0.29) is 38.7 Å². The number of H-pyrrole nitrogens is 1. The number of benzene rings is 1. The summed E-state index contributed by atoms with van der Waals surface area (Å²) in [5.41, 5.74) is 1.79. The van der Waals surface area contributed by atoms with E-state index in [1.54, 1.807) is 6.92 Å². The number of nitrogens with one attached hydrogen (secondary N) is 1. The summed E-state index contributed by atoms with van der Waals surface area (Å²) >= 11 is 11.3. The molecule has 0 radical (unpaired) electrons. The second-order valence-electron chi connectivity index (χ2n) is 6.57. The molecule has 0 saturated carbocycles. The van der Waals surface area contributed by atoms with Crippen LogP contribution < -0.4 is 10.3 Å². The molecule has 0 aliphatic carbocycles. The minimum absolute atomic E-state index is 0.113. The van der Waals surface area contributed by atoms with Gasteiger partial charge in [0.25, 0.3) is 16.9 Å². The summed E-state index contributed by atoms with van der Waals surface area (Å²) in [4.78, 5) is 37.1. The minimum Gasteiger partial charge on any atom is -0.472 e. The van der Waals surface area contributed by atoms with Gasteiger partial charge in [-0.25, -0.2) is 4.98 Å². The van der Waals surface area contributed by atoms with E-state index in [1.807, 2.05) is 31.2 Å². The molecule has 0 fully saturated rings. The van der Waals surface area contributed by atoms with Crippen LogP contribution in [0.3, 0.4) is 0 Å². The fourth-order valence-electron chi connectivity index (χ4n) is 2.53. The number of hydrogen-bond donors (Lipinski definition) is 1. The molecule has 2 aromatic heterocycles. The molecule has 1 aromatic carbocycles. The number of aromatic nitrogens is 2. The molecule has 0 aliphatic heterocycles. The summed E-state index contributed by atoms with van der Waals surface area (Å²) in [5, 5.41) is 21.0. The maximum atomic E-state index is 10.8. The Labute approximate surface area is 192 Å². The Hall–Kier alpha value is -3.50. The van der Waals surface area contributed by atoms with Gasteiger partial charge in [0.15, 0.2) is 0 Å². The highest BCUT2D eigenvalue weighted by Gasteiger charge is 2.17. The average Bonchev–Trinajstić information content (AvgIpc) is 2.72. The molecule has 168 valence electrons. The number of aryl methyl sites for hydroxylation is 3. The van der Waals surface area contributed by atoms with E-state index in [0.29, 0.717) is 6.61 Å². The Morgan fingerprint density at radius 3 is 2.19 bits per heavy atom. The van der Waals surface area contributed by atoms with E-state index >= 15 is 0 Å². The molecule has 2 heterocycles. The lowest BCUT2D eigenvalue weighted by Crippen LogP contribution is -2.09. The van der Waals surface area contributed by atoms with Crippen LogP contribution >= 0.6 is 23.2 Å². The van der Waals surface area contributed by atoms with Crippen LogP contribution in [-0.4, -0.2) is 19.8 Å². The van der Waals surface area contributed by atoms with Crippen molar-refractivity contribution in [2.75, 3.05) is 0 Å². The van der Waals surface area contributed by atoms with Crippen molar-refractivity contribution in [3.8, 4) is 5.88 Å². The number of nitro groups is 2. The standard InChI is InChI=1S/C14H13ClN2O3.C6H5ClN2O3/c1-9-5-3-4-6-11(9)8-20-14-12(15)7-13(17(18)19)10(2)16-14;1-3-5(9(11)12)2-4(7)6(10)8-3/h3-7H,8H2,1-2H3;2H,1H3,(H,8,10). The van der Waals surface area contributed by atoms with Crippen LogP contribution in [0.25, 0.3) is 0 Å². The number of pyridine rings is 2. The van der Waals surface area contributed by atoms with Crippen LogP contribution in [0.15, 0.2) is 41.2 Å². The first-order valence-corrected chi connectivity index (χ1v) is 9.79. The molecule has 0 unspecified atom stereocenters. The third-order valence-corrected chi connectivity index (χ3v) is 4.84. The lowest BCUT2D eigenvalue weighted by molar-refractivity contribution is -0.385. The topological polar surface area (TPSA) is 141 Å². The quantitative estimate of drug-likeness (QED) is 0.395. The molecule has 0 aliphatic rings. The number of halogens is 2. The number of aromatic amines is 1. The summed E-state index contributed by atoms with van der Waals surface area (Å²) < 4.78 is 5.55. The van der Waals surface area contributed by atoms with Crippen molar-refractivity contribution < 1.29 is 14.6 Å². The number of hydrogen-bond acceptors (Lipinski definition) is 7. The van der Waals surface area contributed by atoms with Crippen molar-refractivity contribution in [2.24, 2.45) is 0 Å². The Morgan fingerprint density at radius 1 is 1.00 bits per heavy atom. The van der Waals surface area contributed by atoms with Gasteiger partial charge >= 0.3 is 0 Å². The molecule has 3 aromatic rings. The van der Waals surface area contributed by atoms with E-state index in [4.69, 9.17) is 27.9 Å². The summed E-state index contributed by atoms with van der Waals surface area (Å²) in [6.45, 7) is 5.29. The molecule has 0 saturated heterocycles. The molecule has 0 amide bonds. The van der Waals surface area contributed by atoms with Crippen LogP contribution in [0.2, 0.25) is 10.0 Å². The molecule has 0 spiro atoms. The maximum absolute atomic E-state index is 10.8. The summed E-state index contributed by atoms with van der Waals surface area (Å²) in [6.07, 6.45) is 0. The molecule has 10 nitrogen and oxygen atoms in total. The van der Waals surface area contributed by atoms with E-state index in [1.165, 1.54) is 13.0 Å². The van der Waals surface area contributed by atoms with Crippen LogP contribution in [0.1, 0.15) is 22.5 Å². The SMILES string of the molecule is Cc1[nH]c(=O)c(Cl)cc1[N+](=O)[O-].Cc1ccccc1COc1nc(C)c([N+](=O)[O-])cc1Cl. The van der Waals surface area contributed by atoms with Crippen LogP contribution in [-0.2, 0) is 6.61 Å². The molecule has 12 heteroatoms. The highest BCUT2D eigenvalue weighted by Crippen LogP contribution is 2.29. The largest absolute Gasteiger partial charge is 0.472 e. The van der Waals surface area contributed by atoms with Gasteiger partial charge in [-0.1, -0.05) is 47.5 Å². The third kappa shape index (κ3) is 6.25. The average molecular weight is 481 g/mol. The monoisotopic (exact) mass is 480 g/mol. The van der Waals surface area contributed by atoms with Crippen molar-refractivity contribution in [3.05, 3.63) is 99.5 Å². The molecule has 0 atom stereocenters. The molecule has 3 rings (SSSR count). The second kappa shape index (κ2) is 10.7. The molecule has 1 N–H and O–H groups in total. The maximum Gasteiger partial charge on any atom is 0.292 e. The first-order chi connectivity index (χ1) is 15.0. The van der Waals surface area contributed by atoms with E-state index in [9.17, 15) is 25.0 Å². The van der Waals surface area contributed by atoms with E-state index in [2.05, 4.69) is 9.97 Å². The fourth-order valence-corrected chi connectivity index (χ4v) is 2.88. The van der Waals surface area contributed by atoms with Gasteiger partial charge in [0.05, 0.1) is 15.5 Å². The zero-order chi connectivity index (χ0) is 24.0. The van der Waals surface area contributed by atoms with Gasteiger partial charge in [-0.2, -0.15) is 0 Å². The fraction of sp³-hybridized carbons (Fsp3) is 0.200. The second-order valence-corrected chi connectivity index (χ2v) is 7.38. The zero-order valence-electron chi connectivity index (χ0n) is 17.2. The third-order valence-electron chi connectivity index (χ3n) is 4.29. The number of nitrogens with zero attached hydrogens (tertiary/aromatic N) is 3.